The van der Waals surface area contributed by atoms with Gasteiger partial charge in [-0.2, -0.15) is 0 Å². The van der Waals surface area contributed by atoms with Crippen molar-refractivity contribution in [1.82, 2.24) is 25.4 Å². The van der Waals surface area contributed by atoms with Crippen LogP contribution in [0.15, 0.2) is 11.2 Å². The molecule has 3 aliphatic rings. The smallest absolute Gasteiger partial charge is 0.191 e. The summed E-state index contributed by atoms with van der Waals surface area (Å²) >= 11 is 1.82. The SMILES string of the molecule is CCNC(=NCC1CN2CCN1CC2)NCCc1ncc(CC)s1.I. The molecule has 1 aromatic heterocycles. The number of aliphatic imine (C=N–C) groups is 1. The van der Waals surface area contributed by atoms with Crippen molar-refractivity contribution in [3.8, 4) is 0 Å². The number of fused-ring (bicyclic) bond motifs is 3. The molecule has 4 heterocycles. The molecule has 8 heteroatoms. The number of aryl methyl sites for hydroxylation is 1. The molecule has 4 rings (SSSR count). The maximum atomic E-state index is 4.82. The van der Waals surface area contributed by atoms with E-state index >= 15 is 0 Å². The van der Waals surface area contributed by atoms with Gasteiger partial charge in [0.05, 0.1) is 11.6 Å². The Labute approximate surface area is 172 Å². The van der Waals surface area contributed by atoms with Gasteiger partial charge in [-0.05, 0) is 13.3 Å². The first-order valence-corrected chi connectivity index (χ1v) is 10.0. The van der Waals surface area contributed by atoms with Crippen LogP contribution in [0.4, 0.5) is 0 Å². The number of nitrogens with one attached hydrogen (secondary N) is 2. The Morgan fingerprint density at radius 3 is 2.68 bits per heavy atom. The Kier molecular flexibility index (Phi) is 8.88. The van der Waals surface area contributed by atoms with Crippen LogP contribution in [0.1, 0.15) is 23.7 Å². The highest BCUT2D eigenvalue weighted by Crippen LogP contribution is 2.15. The first-order valence-electron chi connectivity index (χ1n) is 9.20. The maximum Gasteiger partial charge on any atom is 0.191 e. The molecule has 3 aliphatic heterocycles. The lowest BCUT2D eigenvalue weighted by Crippen LogP contribution is -2.62. The van der Waals surface area contributed by atoms with E-state index in [-0.39, 0.29) is 24.0 Å². The van der Waals surface area contributed by atoms with Crippen molar-refractivity contribution in [3.63, 3.8) is 0 Å². The van der Waals surface area contributed by atoms with Gasteiger partial charge in [0.1, 0.15) is 0 Å². The lowest BCUT2D eigenvalue weighted by Gasteiger charge is -2.47. The number of guanidine groups is 1. The highest BCUT2D eigenvalue weighted by atomic mass is 127. The zero-order chi connectivity index (χ0) is 16.8. The molecule has 6 nitrogen and oxygen atoms in total. The summed E-state index contributed by atoms with van der Waals surface area (Å²) in [5, 5.41) is 8.02. The molecule has 0 saturated carbocycles. The summed E-state index contributed by atoms with van der Waals surface area (Å²) in [6.45, 7) is 13.0. The van der Waals surface area contributed by atoms with Crippen LogP contribution in [0.2, 0.25) is 0 Å². The monoisotopic (exact) mass is 478 g/mol. The van der Waals surface area contributed by atoms with Gasteiger partial charge in [0, 0.05) is 69.3 Å². The summed E-state index contributed by atoms with van der Waals surface area (Å²) in [6, 6.07) is 0.578. The third kappa shape index (κ3) is 6.04. The third-order valence-electron chi connectivity index (χ3n) is 4.78. The number of piperazine rings is 3. The van der Waals surface area contributed by atoms with Crippen LogP contribution in [-0.4, -0.2) is 79.1 Å². The predicted octanol–water partition coefficient (Wildman–Crippen LogP) is 1.42. The van der Waals surface area contributed by atoms with E-state index in [0.717, 1.165) is 38.4 Å². The molecule has 1 unspecified atom stereocenters. The van der Waals surface area contributed by atoms with Crippen molar-refractivity contribution < 1.29 is 0 Å². The highest BCUT2D eigenvalue weighted by Gasteiger charge is 2.31. The second kappa shape index (κ2) is 10.6. The van der Waals surface area contributed by atoms with Gasteiger partial charge in [0.25, 0.3) is 0 Å². The van der Waals surface area contributed by atoms with Gasteiger partial charge in [-0.3, -0.25) is 14.8 Å². The van der Waals surface area contributed by atoms with E-state index in [1.807, 2.05) is 17.5 Å². The largest absolute Gasteiger partial charge is 0.357 e. The number of halogens is 1. The minimum atomic E-state index is 0. The number of aromatic nitrogens is 1. The molecular weight excluding hydrogens is 447 g/mol. The zero-order valence-electron chi connectivity index (χ0n) is 15.3. The van der Waals surface area contributed by atoms with Gasteiger partial charge < -0.3 is 10.6 Å². The molecule has 0 aromatic carbocycles. The summed E-state index contributed by atoms with van der Waals surface area (Å²) in [6.07, 6.45) is 4.03. The topological polar surface area (TPSA) is 55.8 Å². The molecule has 2 N–H and O–H groups in total. The van der Waals surface area contributed by atoms with Crippen LogP contribution >= 0.6 is 35.3 Å². The number of thiazole rings is 1. The van der Waals surface area contributed by atoms with Crippen molar-refractivity contribution in [3.05, 3.63) is 16.1 Å². The molecule has 2 bridgehead atoms. The van der Waals surface area contributed by atoms with Crippen LogP contribution in [0, 0.1) is 0 Å². The van der Waals surface area contributed by atoms with Gasteiger partial charge in [0.2, 0.25) is 0 Å². The highest BCUT2D eigenvalue weighted by molar-refractivity contribution is 14.0. The van der Waals surface area contributed by atoms with Crippen LogP contribution in [-0.2, 0) is 12.8 Å². The van der Waals surface area contributed by atoms with Crippen LogP contribution in [0.3, 0.4) is 0 Å². The van der Waals surface area contributed by atoms with Crippen LogP contribution < -0.4 is 10.6 Å². The Morgan fingerprint density at radius 1 is 1.28 bits per heavy atom. The fourth-order valence-electron chi connectivity index (χ4n) is 3.35. The van der Waals surface area contributed by atoms with Crippen molar-refractivity contribution in [2.24, 2.45) is 4.99 Å². The summed E-state index contributed by atoms with van der Waals surface area (Å²) in [7, 11) is 0. The number of rotatable bonds is 7. The Bertz CT molecular complexity index is 541. The van der Waals surface area contributed by atoms with Gasteiger partial charge >= 0.3 is 0 Å². The second-order valence-corrected chi connectivity index (χ2v) is 7.66. The first-order chi connectivity index (χ1) is 11.8. The quantitative estimate of drug-likeness (QED) is 0.353. The van der Waals surface area contributed by atoms with E-state index in [2.05, 4.69) is 39.3 Å². The van der Waals surface area contributed by atoms with Gasteiger partial charge in [0.15, 0.2) is 5.96 Å². The lowest BCUT2D eigenvalue weighted by atomic mass is 10.1. The van der Waals surface area contributed by atoms with E-state index in [4.69, 9.17) is 4.99 Å². The molecule has 0 amide bonds. The van der Waals surface area contributed by atoms with Crippen molar-refractivity contribution in [2.75, 3.05) is 52.4 Å². The summed E-state index contributed by atoms with van der Waals surface area (Å²) in [4.78, 5) is 15.8. The van der Waals surface area contributed by atoms with Crippen molar-refractivity contribution >= 4 is 41.3 Å². The molecule has 1 atom stereocenters. The standard InChI is InChI=1S/C17H30N6S.HI/c1-3-15-12-20-16(24-15)5-6-19-17(18-4-2)21-11-14-13-22-7-9-23(14)10-8-22;/h12,14H,3-11,13H2,1-2H3,(H2,18,19,21);1H. The fourth-order valence-corrected chi connectivity index (χ4v) is 4.21. The Balaban J connectivity index is 0.00000225. The molecule has 1 aromatic rings. The minimum absolute atomic E-state index is 0. The lowest BCUT2D eigenvalue weighted by molar-refractivity contribution is 0.0174. The van der Waals surface area contributed by atoms with Gasteiger partial charge in [-0.25, -0.2) is 4.98 Å². The molecule has 3 fully saturated rings. The third-order valence-corrected chi connectivity index (χ3v) is 5.98. The van der Waals surface area contributed by atoms with E-state index in [9.17, 15) is 0 Å². The van der Waals surface area contributed by atoms with Gasteiger partial charge in [-0.15, -0.1) is 35.3 Å². The normalized spacial score (nSPS) is 25.5. The fraction of sp³-hybridized carbons (Fsp3) is 0.765. The molecule has 25 heavy (non-hydrogen) atoms. The Hall–Kier alpha value is -0.450. The second-order valence-electron chi connectivity index (χ2n) is 6.46. The summed E-state index contributed by atoms with van der Waals surface area (Å²) < 4.78 is 0. The number of nitrogens with zero attached hydrogens (tertiary/aromatic N) is 4. The molecule has 142 valence electrons. The number of hydrogen-bond acceptors (Lipinski definition) is 5. The zero-order valence-corrected chi connectivity index (χ0v) is 18.5. The molecule has 0 aliphatic carbocycles. The van der Waals surface area contributed by atoms with Crippen molar-refractivity contribution in [1.29, 1.82) is 0 Å². The summed E-state index contributed by atoms with van der Waals surface area (Å²) in [5.74, 6) is 0.933. The minimum Gasteiger partial charge on any atom is -0.357 e. The molecular formula is C17H31IN6S. The van der Waals surface area contributed by atoms with E-state index in [0.29, 0.717) is 6.04 Å². The van der Waals surface area contributed by atoms with Gasteiger partial charge in [-0.1, -0.05) is 6.92 Å². The summed E-state index contributed by atoms with van der Waals surface area (Å²) in [5.41, 5.74) is 0. The average Bonchev–Trinajstić information content (AvgIpc) is 3.09. The van der Waals surface area contributed by atoms with Crippen LogP contribution in [0.5, 0.6) is 0 Å². The van der Waals surface area contributed by atoms with Crippen molar-refractivity contribution in [2.45, 2.75) is 32.7 Å². The van der Waals surface area contributed by atoms with E-state index in [1.54, 1.807) is 0 Å². The molecule has 0 radical (unpaired) electrons. The molecule has 3 saturated heterocycles. The van der Waals surface area contributed by atoms with Crippen LogP contribution in [0.25, 0.3) is 0 Å². The predicted molar refractivity (Wildman–Crippen MR) is 116 cm³/mol. The molecule has 0 spiro atoms. The van der Waals surface area contributed by atoms with E-state index in [1.165, 1.54) is 42.6 Å². The maximum absolute atomic E-state index is 4.82. The van der Waals surface area contributed by atoms with E-state index < -0.39 is 0 Å². The first kappa shape index (κ1) is 20.9. The Morgan fingerprint density at radius 2 is 2.08 bits per heavy atom. The average molecular weight is 478 g/mol. The number of hydrogen-bond donors (Lipinski definition) is 2.